The number of aryl methyl sites for hydroxylation is 2. The van der Waals surface area contributed by atoms with E-state index in [1.165, 1.54) is 0 Å². The standard InChI is InChI=1S/C14H15NO2S/c1-11-3-7-13(8-4-11)15-18(16)17-14-9-5-12(2)6-10-14/h3-10,15H,1-2H3. The summed E-state index contributed by atoms with van der Waals surface area (Å²) >= 11 is -1.59. The van der Waals surface area contributed by atoms with Crippen LogP contribution in [0.15, 0.2) is 48.5 Å². The zero-order valence-corrected chi connectivity index (χ0v) is 11.2. The van der Waals surface area contributed by atoms with Crippen LogP contribution in [-0.2, 0) is 11.3 Å². The normalized spacial score (nSPS) is 11.9. The van der Waals surface area contributed by atoms with Crippen molar-refractivity contribution in [3.63, 3.8) is 0 Å². The van der Waals surface area contributed by atoms with Gasteiger partial charge in [0, 0.05) is 5.69 Å². The minimum absolute atomic E-state index is 0.582. The first-order valence-corrected chi connectivity index (χ1v) is 6.71. The van der Waals surface area contributed by atoms with Crippen LogP contribution in [-0.4, -0.2) is 4.21 Å². The van der Waals surface area contributed by atoms with Crippen molar-refractivity contribution in [1.82, 2.24) is 0 Å². The van der Waals surface area contributed by atoms with Crippen LogP contribution in [0.2, 0.25) is 0 Å². The Morgan fingerprint density at radius 2 is 1.39 bits per heavy atom. The number of anilines is 1. The number of hydrogen-bond acceptors (Lipinski definition) is 2. The average Bonchev–Trinajstić information content (AvgIpc) is 2.35. The average molecular weight is 261 g/mol. The minimum Gasteiger partial charge on any atom is -0.385 e. The molecule has 0 amide bonds. The molecule has 18 heavy (non-hydrogen) atoms. The van der Waals surface area contributed by atoms with Crippen LogP contribution in [0.5, 0.6) is 5.75 Å². The maximum absolute atomic E-state index is 11.7. The van der Waals surface area contributed by atoms with Crippen molar-refractivity contribution in [3.05, 3.63) is 59.7 Å². The largest absolute Gasteiger partial charge is 0.385 e. The van der Waals surface area contributed by atoms with Gasteiger partial charge in [-0.15, -0.1) is 0 Å². The van der Waals surface area contributed by atoms with Crippen molar-refractivity contribution < 1.29 is 8.39 Å². The van der Waals surface area contributed by atoms with Crippen LogP contribution in [0, 0.1) is 13.8 Å². The summed E-state index contributed by atoms with van der Waals surface area (Å²) in [6, 6.07) is 15.1. The molecule has 0 spiro atoms. The Morgan fingerprint density at radius 3 is 1.94 bits per heavy atom. The van der Waals surface area contributed by atoms with E-state index in [-0.39, 0.29) is 0 Å². The Bertz CT molecular complexity index is 485. The van der Waals surface area contributed by atoms with Crippen molar-refractivity contribution in [2.24, 2.45) is 0 Å². The topological polar surface area (TPSA) is 38.3 Å². The van der Waals surface area contributed by atoms with Crippen LogP contribution < -0.4 is 8.91 Å². The summed E-state index contributed by atoms with van der Waals surface area (Å²) in [6.07, 6.45) is 0. The van der Waals surface area contributed by atoms with E-state index in [0.717, 1.165) is 16.8 Å². The Hall–Kier alpha value is -1.81. The Labute approximate surface area is 110 Å². The molecule has 2 aromatic rings. The lowest BCUT2D eigenvalue weighted by Gasteiger charge is -2.07. The first-order chi connectivity index (χ1) is 8.63. The molecule has 0 radical (unpaired) electrons. The van der Waals surface area contributed by atoms with Gasteiger partial charge < -0.3 is 4.18 Å². The van der Waals surface area contributed by atoms with Crippen molar-refractivity contribution in [1.29, 1.82) is 0 Å². The number of rotatable bonds is 4. The fourth-order valence-corrected chi connectivity index (χ4v) is 2.08. The summed E-state index contributed by atoms with van der Waals surface area (Å²) < 4.78 is 19.8. The third kappa shape index (κ3) is 3.60. The molecule has 1 N–H and O–H groups in total. The minimum atomic E-state index is -1.59. The van der Waals surface area contributed by atoms with Crippen molar-refractivity contribution in [2.45, 2.75) is 13.8 Å². The van der Waals surface area contributed by atoms with Crippen LogP contribution >= 0.6 is 0 Å². The summed E-state index contributed by atoms with van der Waals surface area (Å²) in [5.74, 6) is 0.582. The zero-order valence-electron chi connectivity index (χ0n) is 10.3. The van der Waals surface area contributed by atoms with Gasteiger partial charge in [-0.1, -0.05) is 35.4 Å². The SMILES string of the molecule is Cc1ccc(NS(=O)Oc2ccc(C)cc2)cc1. The highest BCUT2D eigenvalue weighted by atomic mass is 32.2. The summed E-state index contributed by atoms with van der Waals surface area (Å²) in [5, 5.41) is 0. The maximum Gasteiger partial charge on any atom is 0.316 e. The molecule has 1 atom stereocenters. The number of hydrogen-bond donors (Lipinski definition) is 1. The van der Waals surface area contributed by atoms with Gasteiger partial charge in [-0.2, -0.15) is 4.21 Å². The molecular formula is C14H15NO2S. The highest BCUT2D eigenvalue weighted by Crippen LogP contribution is 2.14. The Balaban J connectivity index is 1.96. The molecule has 0 bridgehead atoms. The first-order valence-electron chi connectivity index (χ1n) is 5.63. The van der Waals surface area contributed by atoms with E-state index in [9.17, 15) is 4.21 Å². The van der Waals surface area contributed by atoms with Gasteiger partial charge in [0.05, 0.1) is 0 Å². The summed E-state index contributed by atoms with van der Waals surface area (Å²) in [7, 11) is 0. The summed E-state index contributed by atoms with van der Waals surface area (Å²) in [6.45, 7) is 3.99. The fourth-order valence-electron chi connectivity index (χ4n) is 1.42. The molecule has 3 nitrogen and oxygen atoms in total. The van der Waals surface area contributed by atoms with Gasteiger partial charge in [0.2, 0.25) is 0 Å². The first kappa shape index (κ1) is 12.6. The molecule has 0 aliphatic rings. The lowest BCUT2D eigenvalue weighted by Crippen LogP contribution is -2.10. The molecular weight excluding hydrogens is 246 g/mol. The highest BCUT2D eigenvalue weighted by Gasteiger charge is 2.02. The fraction of sp³-hybridized carbons (Fsp3) is 0.143. The van der Waals surface area contributed by atoms with Gasteiger partial charge in [-0.3, -0.25) is 4.72 Å². The van der Waals surface area contributed by atoms with E-state index in [1.54, 1.807) is 12.1 Å². The molecule has 4 heteroatoms. The van der Waals surface area contributed by atoms with Crippen molar-refractivity contribution in [2.75, 3.05) is 4.72 Å². The van der Waals surface area contributed by atoms with Crippen molar-refractivity contribution >= 4 is 17.0 Å². The van der Waals surface area contributed by atoms with Gasteiger partial charge >= 0.3 is 11.3 Å². The van der Waals surface area contributed by atoms with Gasteiger partial charge in [0.25, 0.3) is 0 Å². The second kappa shape index (κ2) is 5.69. The third-order valence-corrected chi connectivity index (χ3v) is 3.19. The van der Waals surface area contributed by atoms with Crippen LogP contribution in [0.4, 0.5) is 5.69 Å². The second-order valence-corrected chi connectivity index (χ2v) is 4.94. The second-order valence-electron chi connectivity index (χ2n) is 4.10. The van der Waals surface area contributed by atoms with E-state index >= 15 is 0 Å². The molecule has 94 valence electrons. The zero-order chi connectivity index (χ0) is 13.0. The van der Waals surface area contributed by atoms with Gasteiger partial charge in [-0.05, 0) is 38.1 Å². The highest BCUT2D eigenvalue weighted by molar-refractivity contribution is 7.81. The van der Waals surface area contributed by atoms with Gasteiger partial charge in [-0.25, -0.2) is 0 Å². The molecule has 0 aromatic heterocycles. The van der Waals surface area contributed by atoms with E-state index in [1.807, 2.05) is 50.2 Å². The molecule has 2 aromatic carbocycles. The molecule has 1 unspecified atom stereocenters. The van der Waals surface area contributed by atoms with Gasteiger partial charge in [0.1, 0.15) is 5.75 Å². The summed E-state index contributed by atoms with van der Waals surface area (Å²) in [5.41, 5.74) is 3.07. The van der Waals surface area contributed by atoms with Crippen LogP contribution in [0.1, 0.15) is 11.1 Å². The lowest BCUT2D eigenvalue weighted by molar-refractivity contribution is 0.567. The molecule has 0 saturated heterocycles. The van der Waals surface area contributed by atoms with E-state index < -0.39 is 11.3 Å². The van der Waals surface area contributed by atoms with Crippen molar-refractivity contribution in [3.8, 4) is 5.75 Å². The smallest absolute Gasteiger partial charge is 0.316 e. The van der Waals surface area contributed by atoms with E-state index in [4.69, 9.17) is 4.18 Å². The monoisotopic (exact) mass is 261 g/mol. The number of nitrogens with one attached hydrogen (secondary N) is 1. The molecule has 2 rings (SSSR count). The third-order valence-electron chi connectivity index (χ3n) is 2.45. The Kier molecular flexibility index (Phi) is 3.99. The Morgan fingerprint density at radius 1 is 0.889 bits per heavy atom. The predicted molar refractivity (Wildman–Crippen MR) is 74.8 cm³/mol. The molecule has 0 heterocycles. The predicted octanol–water partition coefficient (Wildman–Crippen LogP) is 3.37. The van der Waals surface area contributed by atoms with Crippen LogP contribution in [0.3, 0.4) is 0 Å². The molecule has 0 aliphatic heterocycles. The van der Waals surface area contributed by atoms with Gasteiger partial charge in [0.15, 0.2) is 0 Å². The van der Waals surface area contributed by atoms with Crippen LogP contribution in [0.25, 0.3) is 0 Å². The molecule has 0 aliphatic carbocycles. The quantitative estimate of drug-likeness (QED) is 0.916. The number of benzene rings is 2. The van der Waals surface area contributed by atoms with E-state index in [0.29, 0.717) is 5.75 Å². The molecule has 0 saturated carbocycles. The summed E-state index contributed by atoms with van der Waals surface area (Å²) in [4.78, 5) is 0. The van der Waals surface area contributed by atoms with E-state index in [2.05, 4.69) is 4.72 Å². The lowest BCUT2D eigenvalue weighted by atomic mass is 10.2. The maximum atomic E-state index is 11.7. The molecule has 0 fully saturated rings.